The van der Waals surface area contributed by atoms with Crippen LogP contribution >= 0.6 is 0 Å². The van der Waals surface area contributed by atoms with Crippen LogP contribution in [0.1, 0.15) is 28.8 Å². The highest BCUT2D eigenvalue weighted by molar-refractivity contribution is 5.97. The lowest BCUT2D eigenvalue weighted by molar-refractivity contribution is -0.117. The van der Waals surface area contributed by atoms with Crippen molar-refractivity contribution in [2.75, 3.05) is 11.9 Å². The first-order valence-electron chi connectivity index (χ1n) is 5.96. The fourth-order valence-electron chi connectivity index (χ4n) is 2.02. The number of benzene rings is 1. The van der Waals surface area contributed by atoms with Crippen molar-refractivity contribution in [2.45, 2.75) is 25.8 Å². The Hall–Kier alpha value is -1.88. The van der Waals surface area contributed by atoms with Crippen LogP contribution in [0.2, 0.25) is 0 Å². The summed E-state index contributed by atoms with van der Waals surface area (Å²) in [7, 11) is 0. The molecule has 1 aromatic rings. The first-order valence-corrected chi connectivity index (χ1v) is 5.96. The Balaban J connectivity index is 2.14. The highest BCUT2D eigenvalue weighted by Crippen LogP contribution is 2.18. The molecule has 1 aromatic carbocycles. The lowest BCUT2D eigenvalue weighted by Gasteiger charge is -2.13. The number of carbonyl (C=O) groups excluding carboxylic acids is 1. The Kier molecular flexibility index (Phi) is 3.62. The molecular weight excluding hydrogens is 232 g/mol. The number of carboxylic acids is 1. The van der Waals surface area contributed by atoms with E-state index in [1.807, 2.05) is 6.92 Å². The summed E-state index contributed by atoms with van der Waals surface area (Å²) in [5.41, 5.74) is 1.59. The summed E-state index contributed by atoms with van der Waals surface area (Å²) in [5.74, 6) is -1.09. The van der Waals surface area contributed by atoms with E-state index in [0.29, 0.717) is 5.69 Å². The van der Waals surface area contributed by atoms with E-state index < -0.39 is 5.97 Å². The number of anilines is 1. The van der Waals surface area contributed by atoms with Gasteiger partial charge in [-0.25, -0.2) is 4.79 Å². The second-order valence-electron chi connectivity index (χ2n) is 4.47. The van der Waals surface area contributed by atoms with Crippen LogP contribution in [0.5, 0.6) is 0 Å². The first-order chi connectivity index (χ1) is 8.58. The minimum Gasteiger partial charge on any atom is -0.478 e. The quantitative estimate of drug-likeness (QED) is 0.755. The van der Waals surface area contributed by atoms with Crippen molar-refractivity contribution < 1.29 is 14.7 Å². The van der Waals surface area contributed by atoms with E-state index in [2.05, 4.69) is 10.6 Å². The third-order valence-electron chi connectivity index (χ3n) is 3.12. The molecule has 5 nitrogen and oxygen atoms in total. The van der Waals surface area contributed by atoms with Crippen molar-refractivity contribution >= 4 is 17.6 Å². The Labute approximate surface area is 105 Å². The minimum atomic E-state index is -0.996. The number of rotatable bonds is 3. The van der Waals surface area contributed by atoms with E-state index >= 15 is 0 Å². The van der Waals surface area contributed by atoms with Crippen molar-refractivity contribution in [1.29, 1.82) is 0 Å². The van der Waals surface area contributed by atoms with Crippen LogP contribution < -0.4 is 10.6 Å². The maximum absolute atomic E-state index is 11.9. The Morgan fingerprint density at radius 1 is 1.44 bits per heavy atom. The molecule has 0 saturated carbocycles. The summed E-state index contributed by atoms with van der Waals surface area (Å²) < 4.78 is 0. The molecule has 0 aromatic heterocycles. The van der Waals surface area contributed by atoms with Crippen LogP contribution in [0.15, 0.2) is 18.2 Å². The normalized spacial score (nSPS) is 18.6. The number of hydrogen-bond donors (Lipinski definition) is 3. The molecule has 3 N–H and O–H groups in total. The molecule has 0 spiro atoms. The van der Waals surface area contributed by atoms with Crippen LogP contribution in [0.25, 0.3) is 0 Å². The maximum Gasteiger partial charge on any atom is 0.335 e. The predicted octanol–water partition coefficient (Wildman–Crippen LogP) is 1.38. The van der Waals surface area contributed by atoms with Gasteiger partial charge in [-0.15, -0.1) is 0 Å². The summed E-state index contributed by atoms with van der Waals surface area (Å²) in [6.07, 6.45) is 1.82. The Morgan fingerprint density at radius 3 is 2.83 bits per heavy atom. The standard InChI is InChI=1S/C13H16N2O3/c1-8-4-5-9(13(17)18)7-11(8)15-12(16)10-3-2-6-14-10/h4-5,7,10,14H,2-3,6H2,1H3,(H,15,16)(H,17,18)/t10-/m0/s1. The number of aromatic carboxylic acids is 1. The molecule has 1 amide bonds. The number of amides is 1. The van der Waals surface area contributed by atoms with E-state index in [1.165, 1.54) is 12.1 Å². The summed E-state index contributed by atoms with van der Waals surface area (Å²) in [4.78, 5) is 22.8. The summed E-state index contributed by atoms with van der Waals surface area (Å²) in [5, 5.41) is 14.8. The van der Waals surface area contributed by atoms with E-state index in [1.54, 1.807) is 6.07 Å². The molecule has 1 atom stereocenters. The third-order valence-corrected chi connectivity index (χ3v) is 3.12. The fraction of sp³-hybridized carbons (Fsp3) is 0.385. The molecule has 1 fully saturated rings. The molecule has 18 heavy (non-hydrogen) atoms. The molecule has 0 unspecified atom stereocenters. The van der Waals surface area contributed by atoms with Crippen LogP contribution in [0.3, 0.4) is 0 Å². The van der Waals surface area contributed by atoms with Gasteiger partial charge in [0.15, 0.2) is 0 Å². The SMILES string of the molecule is Cc1ccc(C(=O)O)cc1NC(=O)[C@@H]1CCCN1. The summed E-state index contributed by atoms with van der Waals surface area (Å²) in [6.45, 7) is 2.69. The van der Waals surface area contributed by atoms with E-state index in [-0.39, 0.29) is 17.5 Å². The smallest absolute Gasteiger partial charge is 0.335 e. The molecule has 0 radical (unpaired) electrons. The van der Waals surface area contributed by atoms with Gasteiger partial charge >= 0.3 is 5.97 Å². The van der Waals surface area contributed by atoms with Crippen LogP contribution in [-0.4, -0.2) is 29.6 Å². The fourth-order valence-corrected chi connectivity index (χ4v) is 2.02. The topological polar surface area (TPSA) is 78.4 Å². The predicted molar refractivity (Wildman–Crippen MR) is 67.8 cm³/mol. The van der Waals surface area contributed by atoms with Gasteiger partial charge in [-0.05, 0) is 44.0 Å². The average Bonchev–Trinajstić information content (AvgIpc) is 2.85. The molecule has 96 valence electrons. The van der Waals surface area contributed by atoms with Crippen molar-refractivity contribution in [3.63, 3.8) is 0 Å². The van der Waals surface area contributed by atoms with E-state index in [4.69, 9.17) is 5.11 Å². The Morgan fingerprint density at radius 2 is 2.22 bits per heavy atom. The molecule has 5 heteroatoms. The van der Waals surface area contributed by atoms with Crippen LogP contribution in [-0.2, 0) is 4.79 Å². The number of carboxylic acid groups (broad SMARTS) is 1. The van der Waals surface area contributed by atoms with Crippen molar-refractivity contribution in [3.05, 3.63) is 29.3 Å². The Bertz CT molecular complexity index is 479. The lowest BCUT2D eigenvalue weighted by Crippen LogP contribution is -2.35. The number of aryl methyl sites for hydroxylation is 1. The van der Waals surface area contributed by atoms with Gasteiger partial charge in [-0.1, -0.05) is 6.07 Å². The van der Waals surface area contributed by atoms with Crippen molar-refractivity contribution in [1.82, 2.24) is 5.32 Å². The second-order valence-corrected chi connectivity index (χ2v) is 4.47. The van der Waals surface area contributed by atoms with Crippen molar-refractivity contribution in [2.24, 2.45) is 0 Å². The van der Waals surface area contributed by atoms with Gasteiger partial charge in [0, 0.05) is 5.69 Å². The van der Waals surface area contributed by atoms with Gasteiger partial charge in [-0.2, -0.15) is 0 Å². The van der Waals surface area contributed by atoms with E-state index in [0.717, 1.165) is 24.9 Å². The molecule has 1 aliphatic heterocycles. The van der Waals surface area contributed by atoms with Gasteiger partial charge in [0.1, 0.15) is 0 Å². The second kappa shape index (κ2) is 5.18. The van der Waals surface area contributed by atoms with Crippen LogP contribution in [0.4, 0.5) is 5.69 Å². The first kappa shape index (κ1) is 12.6. The average molecular weight is 248 g/mol. The lowest BCUT2D eigenvalue weighted by atomic mass is 10.1. The molecule has 0 bridgehead atoms. The van der Waals surface area contributed by atoms with Gasteiger partial charge in [-0.3, -0.25) is 4.79 Å². The van der Waals surface area contributed by atoms with Crippen LogP contribution in [0, 0.1) is 6.92 Å². The number of hydrogen-bond acceptors (Lipinski definition) is 3. The molecule has 1 aliphatic rings. The zero-order valence-electron chi connectivity index (χ0n) is 10.2. The highest BCUT2D eigenvalue weighted by Gasteiger charge is 2.22. The van der Waals surface area contributed by atoms with Gasteiger partial charge in [0.2, 0.25) is 5.91 Å². The maximum atomic E-state index is 11.9. The molecular formula is C13H16N2O3. The van der Waals surface area contributed by atoms with Gasteiger partial charge in [0.05, 0.1) is 11.6 Å². The van der Waals surface area contributed by atoms with Crippen molar-refractivity contribution in [3.8, 4) is 0 Å². The molecule has 1 heterocycles. The third kappa shape index (κ3) is 2.68. The monoisotopic (exact) mass is 248 g/mol. The molecule has 2 rings (SSSR count). The minimum absolute atomic E-state index is 0.0989. The van der Waals surface area contributed by atoms with Gasteiger partial charge in [0.25, 0.3) is 0 Å². The van der Waals surface area contributed by atoms with Gasteiger partial charge < -0.3 is 15.7 Å². The molecule has 0 aliphatic carbocycles. The zero-order valence-corrected chi connectivity index (χ0v) is 10.2. The number of carbonyl (C=O) groups is 2. The van der Waals surface area contributed by atoms with E-state index in [9.17, 15) is 9.59 Å². The largest absolute Gasteiger partial charge is 0.478 e. The summed E-state index contributed by atoms with van der Waals surface area (Å²) in [6, 6.07) is 4.55. The number of nitrogens with one attached hydrogen (secondary N) is 2. The zero-order chi connectivity index (χ0) is 13.1. The summed E-state index contributed by atoms with van der Waals surface area (Å²) >= 11 is 0. The molecule has 1 saturated heterocycles. The highest BCUT2D eigenvalue weighted by atomic mass is 16.4.